The third-order valence-corrected chi connectivity index (χ3v) is 9.69. The summed E-state index contributed by atoms with van der Waals surface area (Å²) >= 11 is 0. The molecule has 0 spiro atoms. The Labute approximate surface area is 284 Å². The van der Waals surface area contributed by atoms with Crippen LogP contribution in [0, 0.1) is 6.92 Å². The van der Waals surface area contributed by atoms with Gasteiger partial charge in [0.1, 0.15) is 0 Å². The van der Waals surface area contributed by atoms with Crippen molar-refractivity contribution < 1.29 is 9.59 Å². The Morgan fingerprint density at radius 2 is 1.06 bits per heavy atom. The zero-order chi connectivity index (χ0) is 33.1. The second kappa shape index (κ2) is 11.3. The topological polar surface area (TPSA) is 42.3 Å². The van der Waals surface area contributed by atoms with Crippen molar-refractivity contribution in [3.8, 4) is 39.1 Å². The standard InChI is InChI=1S/C45H30N2O2/c1-29-13-8-9-18-34(29)33-24-26-40-38(27-33)36-19-10-11-21-39(36)46(40)41-22-12-20-37-43(41)45(49)47(44(37)48)42-28-32(30-14-4-2-5-15-30)23-25-35(42)31-16-6-3-7-17-31/h2-28H,1H3. The van der Waals surface area contributed by atoms with Crippen molar-refractivity contribution in [3.05, 3.63) is 180 Å². The SMILES string of the molecule is Cc1ccccc1-c1ccc2c(c1)c1ccccc1n2-c1cccc2c1C(=O)N(c1cc(-c3ccccc3)ccc1-c1ccccc1)C2=O. The van der Waals surface area contributed by atoms with E-state index in [1.165, 1.54) is 16.0 Å². The Hall–Kier alpha value is -6.52. The zero-order valence-corrected chi connectivity index (χ0v) is 26.8. The van der Waals surface area contributed by atoms with Crippen molar-refractivity contribution in [2.45, 2.75) is 6.92 Å². The largest absolute Gasteiger partial charge is 0.308 e. The summed E-state index contributed by atoms with van der Waals surface area (Å²) < 4.78 is 2.14. The predicted octanol–water partition coefficient (Wildman–Crippen LogP) is 10.9. The first-order chi connectivity index (χ1) is 24.1. The van der Waals surface area contributed by atoms with Crippen LogP contribution in [0.25, 0.3) is 60.9 Å². The number of benzene rings is 7. The van der Waals surface area contributed by atoms with Gasteiger partial charge in [0.05, 0.1) is 33.5 Å². The molecule has 4 heteroatoms. The van der Waals surface area contributed by atoms with Crippen LogP contribution in [0.1, 0.15) is 26.3 Å². The summed E-state index contributed by atoms with van der Waals surface area (Å²) in [4.78, 5) is 30.6. The van der Waals surface area contributed by atoms with Gasteiger partial charge in [0, 0.05) is 16.3 Å². The van der Waals surface area contributed by atoms with Crippen molar-refractivity contribution in [2.24, 2.45) is 0 Å². The molecule has 0 fully saturated rings. The van der Waals surface area contributed by atoms with Crippen LogP contribution < -0.4 is 4.90 Å². The van der Waals surface area contributed by atoms with E-state index in [1.54, 1.807) is 6.07 Å². The summed E-state index contributed by atoms with van der Waals surface area (Å²) in [5.74, 6) is -0.660. The fourth-order valence-electron chi connectivity index (χ4n) is 7.36. The monoisotopic (exact) mass is 630 g/mol. The molecule has 7 aromatic carbocycles. The number of carbonyl (C=O) groups is 2. The average molecular weight is 631 g/mol. The number of hydrogen-bond acceptors (Lipinski definition) is 2. The Balaban J connectivity index is 1.24. The van der Waals surface area contributed by atoms with Crippen LogP contribution in [0.5, 0.6) is 0 Å². The van der Waals surface area contributed by atoms with Gasteiger partial charge in [-0.1, -0.05) is 127 Å². The molecule has 0 atom stereocenters. The van der Waals surface area contributed by atoms with Crippen molar-refractivity contribution in [1.29, 1.82) is 0 Å². The van der Waals surface area contributed by atoms with Crippen molar-refractivity contribution >= 4 is 39.3 Å². The maximum absolute atomic E-state index is 14.8. The van der Waals surface area contributed by atoms with Gasteiger partial charge in [-0.3, -0.25) is 9.59 Å². The summed E-state index contributed by atoms with van der Waals surface area (Å²) in [6.07, 6.45) is 0. The second-order valence-corrected chi connectivity index (χ2v) is 12.5. The highest BCUT2D eigenvalue weighted by Gasteiger charge is 2.40. The first kappa shape index (κ1) is 28.7. The molecule has 0 N–H and O–H groups in total. The molecule has 0 radical (unpaired) electrons. The summed E-state index contributed by atoms with van der Waals surface area (Å²) in [6.45, 7) is 2.13. The molecule has 0 saturated heterocycles. The summed E-state index contributed by atoms with van der Waals surface area (Å²) in [6, 6.07) is 54.8. The number of carbonyl (C=O) groups excluding carboxylic acids is 2. The number of aryl methyl sites for hydroxylation is 1. The Morgan fingerprint density at radius 1 is 0.408 bits per heavy atom. The minimum Gasteiger partial charge on any atom is -0.308 e. The highest BCUT2D eigenvalue weighted by Crippen LogP contribution is 2.42. The molecule has 49 heavy (non-hydrogen) atoms. The number of amides is 2. The average Bonchev–Trinajstić information content (AvgIpc) is 3.62. The van der Waals surface area contributed by atoms with Gasteiger partial charge in [-0.05, 0) is 76.7 Å². The maximum Gasteiger partial charge on any atom is 0.268 e. The molecule has 1 aromatic heterocycles. The summed E-state index contributed by atoms with van der Waals surface area (Å²) in [7, 11) is 0. The van der Waals surface area contributed by atoms with E-state index < -0.39 is 0 Å². The fraction of sp³-hybridized carbons (Fsp3) is 0.0222. The third-order valence-electron chi connectivity index (χ3n) is 9.69. The van der Waals surface area contributed by atoms with Gasteiger partial charge in [-0.25, -0.2) is 4.90 Å². The number of para-hydroxylation sites is 1. The normalized spacial score (nSPS) is 12.6. The lowest BCUT2D eigenvalue weighted by molar-refractivity contribution is 0.0926. The molecular formula is C45H30N2O2. The zero-order valence-electron chi connectivity index (χ0n) is 26.8. The number of hydrogen-bond donors (Lipinski definition) is 0. The van der Waals surface area contributed by atoms with Gasteiger partial charge in [0.25, 0.3) is 11.8 Å². The minimum absolute atomic E-state index is 0.327. The molecule has 8 aromatic rings. The van der Waals surface area contributed by atoms with Crippen LogP contribution in [0.4, 0.5) is 5.69 Å². The van der Waals surface area contributed by atoms with Crippen molar-refractivity contribution in [3.63, 3.8) is 0 Å². The van der Waals surface area contributed by atoms with Crippen LogP contribution in [-0.2, 0) is 0 Å². The molecule has 2 amide bonds. The van der Waals surface area contributed by atoms with Crippen LogP contribution in [0.3, 0.4) is 0 Å². The molecule has 9 rings (SSSR count). The number of rotatable bonds is 5. The first-order valence-corrected chi connectivity index (χ1v) is 16.4. The molecule has 0 bridgehead atoms. The summed E-state index contributed by atoms with van der Waals surface area (Å²) in [5.41, 5.74) is 11.2. The lowest BCUT2D eigenvalue weighted by Gasteiger charge is -2.20. The molecule has 4 nitrogen and oxygen atoms in total. The van der Waals surface area contributed by atoms with Gasteiger partial charge in [-0.2, -0.15) is 0 Å². The minimum atomic E-state index is -0.333. The highest BCUT2D eigenvalue weighted by atomic mass is 16.2. The van der Waals surface area contributed by atoms with Crippen LogP contribution in [0.15, 0.2) is 164 Å². The van der Waals surface area contributed by atoms with Crippen LogP contribution in [0.2, 0.25) is 0 Å². The number of fused-ring (bicyclic) bond motifs is 4. The quantitative estimate of drug-likeness (QED) is 0.178. The Morgan fingerprint density at radius 3 is 1.86 bits per heavy atom. The molecular weight excluding hydrogens is 601 g/mol. The molecule has 0 saturated carbocycles. The van der Waals surface area contributed by atoms with Gasteiger partial charge in [0.15, 0.2) is 0 Å². The van der Waals surface area contributed by atoms with Gasteiger partial charge in [0.2, 0.25) is 0 Å². The summed E-state index contributed by atoms with van der Waals surface area (Å²) in [5, 5.41) is 2.17. The van der Waals surface area contributed by atoms with Crippen LogP contribution >= 0.6 is 0 Å². The van der Waals surface area contributed by atoms with E-state index in [0.717, 1.165) is 49.6 Å². The first-order valence-electron chi connectivity index (χ1n) is 16.4. The van der Waals surface area contributed by atoms with Crippen LogP contribution in [-0.4, -0.2) is 16.4 Å². The van der Waals surface area contributed by atoms with E-state index in [4.69, 9.17) is 0 Å². The smallest absolute Gasteiger partial charge is 0.268 e. The maximum atomic E-state index is 14.8. The lowest BCUT2D eigenvalue weighted by atomic mass is 9.97. The number of anilines is 1. The molecule has 0 aliphatic carbocycles. The fourth-order valence-corrected chi connectivity index (χ4v) is 7.36. The Bertz CT molecular complexity index is 2600. The van der Waals surface area contributed by atoms with Gasteiger partial charge < -0.3 is 4.57 Å². The van der Waals surface area contributed by atoms with Gasteiger partial charge >= 0.3 is 0 Å². The second-order valence-electron chi connectivity index (χ2n) is 12.5. The third kappa shape index (κ3) is 4.53. The van der Waals surface area contributed by atoms with E-state index in [-0.39, 0.29) is 11.8 Å². The predicted molar refractivity (Wildman–Crippen MR) is 199 cm³/mol. The number of aromatic nitrogens is 1. The highest BCUT2D eigenvalue weighted by molar-refractivity contribution is 6.36. The van der Waals surface area contributed by atoms with Gasteiger partial charge in [-0.15, -0.1) is 0 Å². The molecule has 2 heterocycles. The molecule has 232 valence electrons. The number of nitrogens with zero attached hydrogens (tertiary/aromatic N) is 2. The lowest BCUT2D eigenvalue weighted by Crippen LogP contribution is -2.30. The molecule has 0 unspecified atom stereocenters. The van der Waals surface area contributed by atoms with E-state index in [2.05, 4.69) is 66.1 Å². The van der Waals surface area contributed by atoms with E-state index in [0.29, 0.717) is 22.5 Å². The van der Waals surface area contributed by atoms with E-state index >= 15 is 0 Å². The van der Waals surface area contributed by atoms with Crippen molar-refractivity contribution in [2.75, 3.05) is 4.90 Å². The molecule has 1 aliphatic heterocycles. The van der Waals surface area contributed by atoms with E-state index in [9.17, 15) is 9.59 Å². The molecule has 1 aliphatic rings. The number of imide groups is 1. The van der Waals surface area contributed by atoms with E-state index in [1.807, 2.05) is 103 Å². The Kier molecular flexibility index (Phi) is 6.63. The van der Waals surface area contributed by atoms with Crippen molar-refractivity contribution in [1.82, 2.24) is 4.57 Å².